The molecule has 3 aliphatic heterocycles. The van der Waals surface area contributed by atoms with E-state index < -0.39 is 8.07 Å². The van der Waals surface area contributed by atoms with E-state index in [-0.39, 0.29) is 0 Å². The molecule has 0 N–H and O–H groups in total. The van der Waals surface area contributed by atoms with Gasteiger partial charge in [-0.05, 0) is 36.6 Å². The van der Waals surface area contributed by atoms with E-state index in [0.29, 0.717) is 7.92 Å². The minimum atomic E-state index is -0.951. The molecular weight excluding hydrogens is 203 g/mol. The van der Waals surface area contributed by atoms with E-state index in [1.807, 2.05) is 0 Å². The molecule has 1 aromatic carbocycles. The van der Waals surface area contributed by atoms with Gasteiger partial charge in [-0.2, -0.15) is 0 Å². The maximum Gasteiger partial charge on any atom is 0.0877 e. The summed E-state index contributed by atoms with van der Waals surface area (Å²) in [6.45, 7) is 0. The minimum absolute atomic E-state index is 0.509. The third-order valence-corrected chi connectivity index (χ3v) is 13.1. The molecule has 3 fully saturated rings. The summed E-state index contributed by atoms with van der Waals surface area (Å²) in [6, 6.07) is 16.3. The van der Waals surface area contributed by atoms with Gasteiger partial charge in [-0.1, -0.05) is 35.5 Å². The van der Waals surface area contributed by atoms with Crippen LogP contribution in [0.25, 0.3) is 0 Å². The van der Waals surface area contributed by atoms with E-state index in [4.69, 9.17) is 0 Å². The van der Waals surface area contributed by atoms with Crippen LogP contribution in [-0.2, 0) is 0 Å². The van der Waals surface area contributed by atoms with Gasteiger partial charge in [0.1, 0.15) is 0 Å². The van der Waals surface area contributed by atoms with Crippen molar-refractivity contribution in [3.63, 3.8) is 0 Å². The molecule has 0 aliphatic carbocycles. The van der Waals surface area contributed by atoms with Crippen molar-refractivity contribution >= 4 is 21.2 Å². The predicted molar refractivity (Wildman–Crippen MR) is 67.8 cm³/mol. The van der Waals surface area contributed by atoms with Crippen LogP contribution in [0.4, 0.5) is 0 Å². The predicted octanol–water partition coefficient (Wildman–Crippen LogP) is 2.85. The molecule has 74 valence electrons. The van der Waals surface area contributed by atoms with Gasteiger partial charge in [-0.15, -0.1) is 7.92 Å². The quantitative estimate of drug-likeness (QED) is 0.504. The zero-order valence-electron chi connectivity index (χ0n) is 8.58. The largest absolute Gasteiger partial charge is 0.108 e. The summed E-state index contributed by atoms with van der Waals surface area (Å²) in [5.74, 6) is 0. The Balaban J connectivity index is 1.96. The smallest absolute Gasteiger partial charge is 0.0877 e. The van der Waals surface area contributed by atoms with E-state index in [1.54, 1.807) is 41.8 Å². The highest BCUT2D eigenvalue weighted by atomic mass is 31.1. The number of fused-ring (bicyclic) bond motifs is 3. The topological polar surface area (TPSA) is 0 Å². The van der Waals surface area contributed by atoms with Gasteiger partial charge in [0, 0.05) is 0 Å². The van der Waals surface area contributed by atoms with Gasteiger partial charge in [-0.25, -0.2) is 0 Å². The van der Waals surface area contributed by atoms with Gasteiger partial charge in [-0.3, -0.25) is 0 Å². The van der Waals surface area contributed by atoms with Gasteiger partial charge >= 0.3 is 0 Å². The van der Waals surface area contributed by atoms with Gasteiger partial charge in [0.25, 0.3) is 0 Å². The van der Waals surface area contributed by atoms with Crippen LogP contribution in [0.1, 0.15) is 0 Å². The number of hydrogen-bond donors (Lipinski definition) is 0. The van der Waals surface area contributed by atoms with Crippen LogP contribution in [0.15, 0.2) is 30.3 Å². The fourth-order valence-corrected chi connectivity index (χ4v) is 15.2. The first-order chi connectivity index (χ1) is 6.89. The molecule has 0 radical (unpaired) electrons. The summed E-state index contributed by atoms with van der Waals surface area (Å²) in [5, 5.41) is 1.76. The van der Waals surface area contributed by atoms with Crippen molar-refractivity contribution < 1.29 is 0 Å². The molecule has 14 heavy (non-hydrogen) atoms. The zero-order valence-corrected chi connectivity index (χ0v) is 10.5. The Morgan fingerprint density at radius 1 is 0.857 bits per heavy atom. The highest BCUT2D eigenvalue weighted by molar-refractivity contribution is 7.59. The highest BCUT2D eigenvalue weighted by Gasteiger charge is 2.42. The second kappa shape index (κ2) is 3.47. The molecule has 0 amide bonds. The molecule has 0 atom stereocenters. The van der Waals surface area contributed by atoms with Crippen molar-refractivity contribution in [3.8, 4) is 0 Å². The first-order valence-electron chi connectivity index (χ1n) is 5.67. The van der Waals surface area contributed by atoms with Crippen LogP contribution < -0.4 is 5.19 Å². The van der Waals surface area contributed by atoms with Gasteiger partial charge in [0.05, 0.1) is 8.07 Å². The molecule has 3 saturated heterocycles. The van der Waals surface area contributed by atoms with Crippen molar-refractivity contribution in [2.45, 2.75) is 18.1 Å². The molecule has 2 bridgehead atoms. The molecule has 0 saturated carbocycles. The van der Waals surface area contributed by atoms with E-state index in [0.717, 1.165) is 0 Å². The van der Waals surface area contributed by atoms with Gasteiger partial charge < -0.3 is 0 Å². The second-order valence-electron chi connectivity index (χ2n) is 4.74. The maximum atomic E-state index is 2.41. The highest BCUT2D eigenvalue weighted by Crippen LogP contribution is 2.52. The van der Waals surface area contributed by atoms with E-state index in [1.165, 1.54) is 0 Å². The molecule has 0 unspecified atom stereocenters. The molecule has 2 heteroatoms. The van der Waals surface area contributed by atoms with Crippen LogP contribution in [0.2, 0.25) is 18.1 Å². The van der Waals surface area contributed by atoms with Gasteiger partial charge in [0.2, 0.25) is 0 Å². The van der Waals surface area contributed by atoms with Crippen molar-refractivity contribution in [2.24, 2.45) is 0 Å². The minimum Gasteiger partial charge on any atom is -0.108 e. The van der Waals surface area contributed by atoms with Crippen LogP contribution in [0.3, 0.4) is 0 Å². The van der Waals surface area contributed by atoms with Crippen molar-refractivity contribution in [1.29, 1.82) is 0 Å². The summed E-state index contributed by atoms with van der Waals surface area (Å²) < 4.78 is 0. The molecule has 0 spiro atoms. The fraction of sp³-hybridized carbons (Fsp3) is 0.500. The SMILES string of the molecule is c1ccc([Si]23CCP(CC2)CC3)cc1. The zero-order chi connectivity index (χ0) is 9.43. The molecule has 0 nitrogen and oxygen atoms in total. The molecule has 1 aromatic rings. The lowest BCUT2D eigenvalue weighted by molar-refractivity contribution is 1.10. The monoisotopic (exact) mass is 220 g/mol. The lowest BCUT2D eigenvalue weighted by atomic mass is 10.4. The molecule has 3 heterocycles. The normalized spacial score (nSPS) is 35.9. The summed E-state index contributed by atoms with van der Waals surface area (Å²) in [7, 11) is -0.442. The van der Waals surface area contributed by atoms with Crippen molar-refractivity contribution in [2.75, 3.05) is 18.5 Å². The number of rotatable bonds is 1. The van der Waals surface area contributed by atoms with Crippen LogP contribution in [0, 0.1) is 0 Å². The van der Waals surface area contributed by atoms with Crippen LogP contribution in [-0.4, -0.2) is 26.6 Å². The van der Waals surface area contributed by atoms with Crippen molar-refractivity contribution in [1.82, 2.24) is 0 Å². The molecule has 0 aromatic heterocycles. The maximum absolute atomic E-state index is 2.41. The standard InChI is InChI=1S/C12H17PSi/c1-2-4-12(5-3-1)14-9-6-13(7-10-14)8-11-14/h1-5H,6-11H2. The fourth-order valence-electron chi connectivity index (χ4n) is 3.05. The first kappa shape index (κ1) is 9.12. The summed E-state index contributed by atoms with van der Waals surface area (Å²) in [4.78, 5) is 0. The molecular formula is C12H17PSi. The Labute approximate surface area is 88.5 Å². The number of hydrogen-bond acceptors (Lipinski definition) is 0. The lowest BCUT2D eigenvalue weighted by Gasteiger charge is -2.45. The van der Waals surface area contributed by atoms with Crippen LogP contribution in [0.5, 0.6) is 0 Å². The van der Waals surface area contributed by atoms with Crippen LogP contribution >= 0.6 is 7.92 Å². The Bertz CT molecular complexity index is 301. The Hall–Kier alpha value is -0.133. The van der Waals surface area contributed by atoms with E-state index >= 15 is 0 Å². The second-order valence-corrected chi connectivity index (χ2v) is 12.1. The lowest BCUT2D eigenvalue weighted by Crippen LogP contribution is -2.53. The Morgan fingerprint density at radius 3 is 2.00 bits per heavy atom. The van der Waals surface area contributed by atoms with Crippen molar-refractivity contribution in [3.05, 3.63) is 30.3 Å². The number of benzene rings is 1. The third kappa shape index (κ3) is 1.38. The summed E-state index contributed by atoms with van der Waals surface area (Å²) >= 11 is 0. The summed E-state index contributed by atoms with van der Waals surface area (Å²) in [6.07, 6.45) is 4.82. The Morgan fingerprint density at radius 2 is 1.43 bits per heavy atom. The van der Waals surface area contributed by atoms with Gasteiger partial charge in [0.15, 0.2) is 0 Å². The Kier molecular flexibility index (Phi) is 2.26. The van der Waals surface area contributed by atoms with E-state index in [2.05, 4.69) is 30.3 Å². The summed E-state index contributed by atoms with van der Waals surface area (Å²) in [5.41, 5.74) is 0. The van der Waals surface area contributed by atoms with E-state index in [9.17, 15) is 0 Å². The average molecular weight is 220 g/mol. The molecule has 3 aliphatic rings. The third-order valence-electron chi connectivity index (χ3n) is 4.11. The average Bonchev–Trinajstić information content (AvgIpc) is 2.33. The first-order valence-corrected chi connectivity index (χ1v) is 10.2. The molecule has 4 rings (SSSR count).